The van der Waals surface area contributed by atoms with Crippen LogP contribution in [0.15, 0.2) is 0 Å². The monoisotopic (exact) mass is 208 g/mol. The molecule has 5 heteroatoms. The molecule has 2 unspecified atom stereocenters. The average Bonchev–Trinajstić information content (AvgIpc) is 2.83. The summed E-state index contributed by atoms with van der Waals surface area (Å²) in [5, 5.41) is 8.53. The standard InChI is InChI=1S/C10H16N4O/c11-8-1-2-9-12-13-10(14(9)5-8)7-3-4-15-6-7/h7-8H,1-6,11H2. The molecule has 1 aromatic rings. The zero-order valence-corrected chi connectivity index (χ0v) is 8.72. The van der Waals surface area contributed by atoms with Crippen LogP contribution in [-0.2, 0) is 17.7 Å². The van der Waals surface area contributed by atoms with Crippen LogP contribution < -0.4 is 5.73 Å². The van der Waals surface area contributed by atoms with E-state index < -0.39 is 0 Å². The van der Waals surface area contributed by atoms with Gasteiger partial charge in [-0.1, -0.05) is 0 Å². The fraction of sp³-hybridized carbons (Fsp3) is 0.800. The predicted molar refractivity (Wildman–Crippen MR) is 54.5 cm³/mol. The quantitative estimate of drug-likeness (QED) is 0.708. The Balaban J connectivity index is 1.92. The van der Waals surface area contributed by atoms with Gasteiger partial charge in [-0.2, -0.15) is 0 Å². The van der Waals surface area contributed by atoms with Crippen molar-refractivity contribution in [2.24, 2.45) is 5.73 Å². The second kappa shape index (κ2) is 3.57. The van der Waals surface area contributed by atoms with Crippen molar-refractivity contribution in [3.8, 4) is 0 Å². The number of nitrogens with two attached hydrogens (primary N) is 1. The van der Waals surface area contributed by atoms with Crippen LogP contribution in [0.5, 0.6) is 0 Å². The van der Waals surface area contributed by atoms with E-state index in [9.17, 15) is 0 Å². The lowest BCUT2D eigenvalue weighted by Crippen LogP contribution is -2.33. The van der Waals surface area contributed by atoms with Gasteiger partial charge in [-0.25, -0.2) is 0 Å². The van der Waals surface area contributed by atoms with Gasteiger partial charge in [0.1, 0.15) is 11.6 Å². The molecule has 1 fully saturated rings. The first kappa shape index (κ1) is 9.30. The Morgan fingerprint density at radius 2 is 2.27 bits per heavy atom. The molecule has 0 spiro atoms. The maximum absolute atomic E-state index is 5.97. The Kier molecular flexibility index (Phi) is 2.21. The zero-order chi connectivity index (χ0) is 10.3. The average molecular weight is 208 g/mol. The van der Waals surface area contributed by atoms with Crippen molar-refractivity contribution in [3.63, 3.8) is 0 Å². The van der Waals surface area contributed by atoms with Gasteiger partial charge in [0.15, 0.2) is 0 Å². The summed E-state index contributed by atoms with van der Waals surface area (Å²) in [5.41, 5.74) is 5.97. The molecule has 0 bridgehead atoms. The molecule has 1 saturated heterocycles. The van der Waals surface area contributed by atoms with E-state index in [1.165, 1.54) is 0 Å². The molecule has 3 rings (SSSR count). The molecule has 0 radical (unpaired) electrons. The van der Waals surface area contributed by atoms with Gasteiger partial charge in [-0.15, -0.1) is 10.2 Å². The molecule has 82 valence electrons. The van der Waals surface area contributed by atoms with Gasteiger partial charge in [-0.05, 0) is 12.8 Å². The summed E-state index contributed by atoms with van der Waals surface area (Å²) in [4.78, 5) is 0. The van der Waals surface area contributed by atoms with Crippen molar-refractivity contribution in [1.82, 2.24) is 14.8 Å². The van der Waals surface area contributed by atoms with E-state index >= 15 is 0 Å². The van der Waals surface area contributed by atoms with Crippen LogP contribution in [0.3, 0.4) is 0 Å². The topological polar surface area (TPSA) is 66.0 Å². The van der Waals surface area contributed by atoms with Gasteiger partial charge in [0.05, 0.1) is 6.61 Å². The van der Waals surface area contributed by atoms with Crippen molar-refractivity contribution < 1.29 is 4.74 Å². The van der Waals surface area contributed by atoms with Crippen LogP contribution >= 0.6 is 0 Å². The third kappa shape index (κ3) is 1.55. The number of hydrogen-bond acceptors (Lipinski definition) is 4. The molecule has 2 aliphatic heterocycles. The first-order chi connectivity index (χ1) is 7.34. The van der Waals surface area contributed by atoms with Gasteiger partial charge >= 0.3 is 0 Å². The lowest BCUT2D eigenvalue weighted by atomic mass is 10.1. The number of rotatable bonds is 1. The molecule has 2 aliphatic rings. The number of hydrogen-bond donors (Lipinski definition) is 1. The smallest absolute Gasteiger partial charge is 0.138 e. The summed E-state index contributed by atoms with van der Waals surface area (Å²) in [6, 6.07) is 0.259. The molecular weight excluding hydrogens is 192 g/mol. The highest BCUT2D eigenvalue weighted by Gasteiger charge is 2.27. The first-order valence-electron chi connectivity index (χ1n) is 5.60. The fourth-order valence-electron chi connectivity index (χ4n) is 2.41. The van der Waals surface area contributed by atoms with Gasteiger partial charge in [0, 0.05) is 31.5 Å². The maximum Gasteiger partial charge on any atom is 0.138 e. The van der Waals surface area contributed by atoms with Crippen molar-refractivity contribution in [2.45, 2.75) is 37.8 Å². The molecular formula is C10H16N4O. The molecule has 2 N–H and O–H groups in total. The van der Waals surface area contributed by atoms with Crippen molar-refractivity contribution in [1.29, 1.82) is 0 Å². The normalized spacial score (nSPS) is 30.5. The van der Waals surface area contributed by atoms with Crippen LogP contribution in [-0.4, -0.2) is 34.0 Å². The molecule has 0 aromatic carbocycles. The highest BCUT2D eigenvalue weighted by atomic mass is 16.5. The predicted octanol–water partition coefficient (Wildman–Crippen LogP) is 0.0555. The molecule has 0 aliphatic carbocycles. The van der Waals surface area contributed by atoms with Crippen molar-refractivity contribution in [2.75, 3.05) is 13.2 Å². The maximum atomic E-state index is 5.97. The Hall–Kier alpha value is -0.940. The lowest BCUT2D eigenvalue weighted by molar-refractivity contribution is 0.192. The molecule has 0 saturated carbocycles. The molecule has 3 heterocycles. The van der Waals surface area contributed by atoms with E-state index in [4.69, 9.17) is 10.5 Å². The summed E-state index contributed by atoms with van der Waals surface area (Å²) in [6.45, 7) is 2.50. The SMILES string of the molecule is NC1CCc2nnc(C3CCOC3)n2C1. The highest BCUT2D eigenvalue weighted by molar-refractivity contribution is 5.06. The number of aryl methyl sites for hydroxylation is 1. The van der Waals surface area contributed by atoms with E-state index in [2.05, 4.69) is 14.8 Å². The minimum absolute atomic E-state index is 0.259. The van der Waals surface area contributed by atoms with Crippen molar-refractivity contribution >= 4 is 0 Å². The lowest BCUT2D eigenvalue weighted by Gasteiger charge is -2.22. The van der Waals surface area contributed by atoms with Gasteiger partial charge in [0.25, 0.3) is 0 Å². The van der Waals surface area contributed by atoms with Gasteiger partial charge in [0.2, 0.25) is 0 Å². The summed E-state index contributed by atoms with van der Waals surface area (Å²) in [6.07, 6.45) is 3.05. The molecule has 5 nitrogen and oxygen atoms in total. The molecule has 0 amide bonds. The van der Waals surface area contributed by atoms with Crippen molar-refractivity contribution in [3.05, 3.63) is 11.6 Å². The minimum Gasteiger partial charge on any atom is -0.381 e. The number of ether oxygens (including phenoxy) is 1. The Bertz CT molecular complexity index is 356. The zero-order valence-electron chi connectivity index (χ0n) is 8.72. The van der Waals surface area contributed by atoms with E-state index in [0.29, 0.717) is 5.92 Å². The second-order valence-electron chi connectivity index (χ2n) is 4.44. The highest BCUT2D eigenvalue weighted by Crippen LogP contribution is 2.26. The van der Waals surface area contributed by atoms with Crippen LogP contribution in [0.1, 0.15) is 30.4 Å². The minimum atomic E-state index is 0.259. The number of aromatic nitrogens is 3. The molecule has 2 atom stereocenters. The first-order valence-corrected chi connectivity index (χ1v) is 5.60. The van der Waals surface area contributed by atoms with Crippen LogP contribution in [0, 0.1) is 0 Å². The number of fused-ring (bicyclic) bond motifs is 1. The summed E-state index contributed by atoms with van der Waals surface area (Å²) in [5.74, 6) is 2.60. The largest absolute Gasteiger partial charge is 0.381 e. The second-order valence-corrected chi connectivity index (χ2v) is 4.44. The third-order valence-electron chi connectivity index (χ3n) is 3.31. The van der Waals surface area contributed by atoms with Crippen LogP contribution in [0.4, 0.5) is 0 Å². The third-order valence-corrected chi connectivity index (χ3v) is 3.31. The van der Waals surface area contributed by atoms with Gasteiger partial charge < -0.3 is 15.0 Å². The molecule has 1 aromatic heterocycles. The Morgan fingerprint density at radius 1 is 1.33 bits per heavy atom. The van der Waals surface area contributed by atoms with E-state index in [1.807, 2.05) is 0 Å². The van der Waals surface area contributed by atoms with E-state index in [0.717, 1.165) is 50.7 Å². The Morgan fingerprint density at radius 3 is 3.07 bits per heavy atom. The number of nitrogens with zero attached hydrogens (tertiary/aromatic N) is 3. The van der Waals surface area contributed by atoms with Crippen LogP contribution in [0.2, 0.25) is 0 Å². The summed E-state index contributed by atoms with van der Waals surface area (Å²) >= 11 is 0. The Labute approximate surface area is 88.6 Å². The summed E-state index contributed by atoms with van der Waals surface area (Å²) in [7, 11) is 0. The van der Waals surface area contributed by atoms with Gasteiger partial charge in [-0.3, -0.25) is 0 Å². The van der Waals surface area contributed by atoms with E-state index in [-0.39, 0.29) is 6.04 Å². The fourth-order valence-corrected chi connectivity index (χ4v) is 2.41. The summed E-state index contributed by atoms with van der Waals surface area (Å²) < 4.78 is 7.59. The molecule has 15 heavy (non-hydrogen) atoms. The van der Waals surface area contributed by atoms with Crippen LogP contribution in [0.25, 0.3) is 0 Å². The van der Waals surface area contributed by atoms with E-state index in [1.54, 1.807) is 0 Å².